The lowest BCUT2D eigenvalue weighted by Crippen LogP contribution is -2.37. The van der Waals surface area contributed by atoms with Gasteiger partial charge in [-0.1, -0.05) is 12.1 Å². The van der Waals surface area contributed by atoms with Gasteiger partial charge in [-0.3, -0.25) is 0 Å². The number of aliphatic hydroxyl groups excluding tert-OH is 1. The molecule has 0 bridgehead atoms. The second-order valence-corrected chi connectivity index (χ2v) is 9.09. The van der Waals surface area contributed by atoms with Gasteiger partial charge in [0.25, 0.3) is 0 Å². The minimum atomic E-state index is -0.578. The van der Waals surface area contributed by atoms with Crippen LogP contribution in [0, 0.1) is 6.92 Å². The molecule has 1 saturated heterocycles. The fraction of sp³-hybridized carbons (Fsp3) is 0.458. The third-order valence-corrected chi connectivity index (χ3v) is 6.61. The average Bonchev–Trinajstić information content (AvgIpc) is 3.29. The first-order chi connectivity index (χ1) is 16.0. The van der Waals surface area contributed by atoms with Gasteiger partial charge in [0.1, 0.15) is 35.0 Å². The van der Waals surface area contributed by atoms with Crippen molar-refractivity contribution in [1.29, 1.82) is 0 Å². The van der Waals surface area contributed by atoms with Crippen LogP contribution in [0.15, 0.2) is 35.7 Å². The number of rotatable bonds is 9. The standard InChI is InChI=1S/C24H31N5O3S/c1-16-15-33-24(26-16)21-12-22(29(3)18-7-9-31-10-8-18)28-23(27-21)17-5-4-6-20(11-17)32-14-19(30)13-25-2/h4-6,11-12,15,18-19,25,30H,7-10,13-14H2,1-3H3. The van der Waals surface area contributed by atoms with Crippen molar-refractivity contribution >= 4 is 17.2 Å². The lowest BCUT2D eigenvalue weighted by molar-refractivity contribution is 0.0853. The SMILES string of the molecule is CNCC(O)COc1cccc(-c2nc(-c3nc(C)cs3)cc(N(C)C3CCOCC3)n2)c1. The number of likely N-dealkylation sites (N-methyl/N-ethyl adjacent to an activating group) is 1. The summed E-state index contributed by atoms with van der Waals surface area (Å²) in [6.07, 6.45) is 1.37. The molecule has 2 aromatic heterocycles. The molecule has 33 heavy (non-hydrogen) atoms. The summed E-state index contributed by atoms with van der Waals surface area (Å²) in [5.41, 5.74) is 2.64. The minimum absolute atomic E-state index is 0.210. The quantitative estimate of drug-likeness (QED) is 0.494. The summed E-state index contributed by atoms with van der Waals surface area (Å²) in [5.74, 6) is 2.15. The molecular weight excluding hydrogens is 438 g/mol. The summed E-state index contributed by atoms with van der Waals surface area (Å²) >= 11 is 1.58. The van der Waals surface area contributed by atoms with Crippen LogP contribution in [0.25, 0.3) is 22.1 Å². The van der Waals surface area contributed by atoms with Gasteiger partial charge in [0.05, 0.1) is 0 Å². The summed E-state index contributed by atoms with van der Waals surface area (Å²) in [6, 6.07) is 10.1. The number of aryl methyl sites for hydroxylation is 1. The average molecular weight is 470 g/mol. The Hall–Kier alpha value is -2.59. The molecule has 1 fully saturated rings. The zero-order chi connectivity index (χ0) is 23.2. The van der Waals surface area contributed by atoms with Gasteiger partial charge in [-0.15, -0.1) is 11.3 Å². The number of ether oxygens (including phenoxy) is 2. The molecule has 4 rings (SSSR count). The van der Waals surface area contributed by atoms with Crippen LogP contribution in [0.5, 0.6) is 5.75 Å². The van der Waals surface area contributed by atoms with E-state index in [-0.39, 0.29) is 6.61 Å². The van der Waals surface area contributed by atoms with Crippen LogP contribution in [-0.2, 0) is 4.74 Å². The Morgan fingerprint density at radius 1 is 1.24 bits per heavy atom. The largest absolute Gasteiger partial charge is 0.491 e. The van der Waals surface area contributed by atoms with E-state index in [9.17, 15) is 5.11 Å². The van der Waals surface area contributed by atoms with Crippen LogP contribution in [0.3, 0.4) is 0 Å². The van der Waals surface area contributed by atoms with Crippen molar-refractivity contribution in [1.82, 2.24) is 20.3 Å². The zero-order valence-corrected chi connectivity index (χ0v) is 20.1. The highest BCUT2D eigenvalue weighted by atomic mass is 32.1. The molecule has 1 atom stereocenters. The maximum Gasteiger partial charge on any atom is 0.162 e. The topological polar surface area (TPSA) is 92.6 Å². The molecule has 0 radical (unpaired) electrons. The summed E-state index contributed by atoms with van der Waals surface area (Å²) in [6.45, 7) is 4.20. The molecule has 3 aromatic rings. The van der Waals surface area contributed by atoms with Gasteiger partial charge in [0.15, 0.2) is 5.82 Å². The molecular formula is C24H31N5O3S. The van der Waals surface area contributed by atoms with E-state index in [1.165, 1.54) is 0 Å². The van der Waals surface area contributed by atoms with Gasteiger partial charge in [-0.2, -0.15) is 0 Å². The Morgan fingerprint density at radius 2 is 2.06 bits per heavy atom. The number of nitrogens with zero attached hydrogens (tertiary/aromatic N) is 4. The third kappa shape index (κ3) is 6.05. The summed E-state index contributed by atoms with van der Waals surface area (Å²) in [4.78, 5) is 16.6. The predicted molar refractivity (Wildman–Crippen MR) is 131 cm³/mol. The monoisotopic (exact) mass is 469 g/mol. The Labute approximate surface area is 198 Å². The molecule has 1 unspecified atom stereocenters. The molecule has 9 heteroatoms. The zero-order valence-electron chi connectivity index (χ0n) is 19.3. The Kier molecular flexibility index (Phi) is 7.87. The van der Waals surface area contributed by atoms with E-state index in [0.29, 0.717) is 24.2 Å². The van der Waals surface area contributed by atoms with Gasteiger partial charge in [0, 0.05) is 55.6 Å². The molecule has 0 spiro atoms. The number of hydrogen-bond acceptors (Lipinski definition) is 9. The number of benzene rings is 1. The van der Waals surface area contributed by atoms with Crippen molar-refractivity contribution in [2.24, 2.45) is 0 Å². The van der Waals surface area contributed by atoms with E-state index < -0.39 is 6.10 Å². The highest BCUT2D eigenvalue weighted by Gasteiger charge is 2.22. The number of aromatic nitrogens is 3. The summed E-state index contributed by atoms with van der Waals surface area (Å²) in [5, 5.41) is 15.8. The van der Waals surface area contributed by atoms with Crippen LogP contribution in [0.1, 0.15) is 18.5 Å². The first-order valence-corrected chi connectivity index (χ1v) is 12.1. The van der Waals surface area contributed by atoms with E-state index in [1.54, 1.807) is 18.4 Å². The van der Waals surface area contributed by atoms with Gasteiger partial charge in [-0.25, -0.2) is 15.0 Å². The molecule has 3 heterocycles. The highest BCUT2D eigenvalue weighted by Crippen LogP contribution is 2.30. The second kappa shape index (κ2) is 11.0. The maximum absolute atomic E-state index is 9.95. The molecule has 1 aliphatic heterocycles. The fourth-order valence-electron chi connectivity index (χ4n) is 3.80. The molecule has 1 aliphatic rings. The van der Waals surface area contributed by atoms with Crippen LogP contribution < -0.4 is 15.0 Å². The predicted octanol–water partition coefficient (Wildman–Crippen LogP) is 3.15. The number of aliphatic hydroxyl groups is 1. The van der Waals surface area contributed by atoms with Crippen LogP contribution in [0.2, 0.25) is 0 Å². The smallest absolute Gasteiger partial charge is 0.162 e. The Morgan fingerprint density at radius 3 is 2.79 bits per heavy atom. The van der Waals surface area contributed by atoms with Gasteiger partial charge in [0.2, 0.25) is 0 Å². The molecule has 0 aliphatic carbocycles. The van der Waals surface area contributed by atoms with Crippen LogP contribution in [-0.4, -0.2) is 72.7 Å². The van der Waals surface area contributed by atoms with Crippen molar-refractivity contribution in [3.05, 3.63) is 41.4 Å². The second-order valence-electron chi connectivity index (χ2n) is 8.23. The van der Waals surface area contributed by atoms with Crippen molar-refractivity contribution < 1.29 is 14.6 Å². The van der Waals surface area contributed by atoms with E-state index in [1.807, 2.05) is 42.6 Å². The van der Waals surface area contributed by atoms with Crippen molar-refractivity contribution in [3.63, 3.8) is 0 Å². The number of anilines is 1. The molecule has 2 N–H and O–H groups in total. The van der Waals surface area contributed by atoms with E-state index >= 15 is 0 Å². The first kappa shape index (κ1) is 23.6. The minimum Gasteiger partial charge on any atom is -0.491 e. The number of hydrogen-bond donors (Lipinski definition) is 2. The van der Waals surface area contributed by atoms with Gasteiger partial charge >= 0.3 is 0 Å². The lowest BCUT2D eigenvalue weighted by atomic mass is 10.1. The first-order valence-electron chi connectivity index (χ1n) is 11.2. The molecule has 0 saturated carbocycles. The Balaban J connectivity index is 1.66. The Bertz CT molecular complexity index is 1050. The van der Waals surface area contributed by atoms with E-state index in [2.05, 4.69) is 22.2 Å². The third-order valence-electron chi connectivity index (χ3n) is 5.63. The van der Waals surface area contributed by atoms with Gasteiger partial charge in [-0.05, 0) is 38.9 Å². The lowest BCUT2D eigenvalue weighted by Gasteiger charge is -2.32. The van der Waals surface area contributed by atoms with Crippen molar-refractivity contribution in [2.45, 2.75) is 31.9 Å². The van der Waals surface area contributed by atoms with Crippen molar-refractivity contribution in [3.8, 4) is 27.8 Å². The van der Waals surface area contributed by atoms with Crippen LogP contribution >= 0.6 is 11.3 Å². The number of thiazole rings is 1. The molecule has 0 amide bonds. The van der Waals surface area contributed by atoms with Crippen molar-refractivity contribution in [2.75, 3.05) is 45.4 Å². The molecule has 8 nitrogen and oxygen atoms in total. The highest BCUT2D eigenvalue weighted by molar-refractivity contribution is 7.13. The van der Waals surface area contributed by atoms with E-state index in [4.69, 9.17) is 19.4 Å². The molecule has 176 valence electrons. The van der Waals surface area contributed by atoms with Crippen LogP contribution in [0.4, 0.5) is 5.82 Å². The van der Waals surface area contributed by atoms with Gasteiger partial charge < -0.3 is 24.8 Å². The van der Waals surface area contributed by atoms with E-state index in [0.717, 1.165) is 53.8 Å². The number of nitrogens with one attached hydrogen (secondary N) is 1. The normalized spacial score (nSPS) is 15.4. The summed E-state index contributed by atoms with van der Waals surface area (Å²) in [7, 11) is 3.88. The maximum atomic E-state index is 9.95. The molecule has 1 aromatic carbocycles. The fourth-order valence-corrected chi connectivity index (χ4v) is 4.55. The summed E-state index contributed by atoms with van der Waals surface area (Å²) < 4.78 is 11.3.